The van der Waals surface area contributed by atoms with Crippen LogP contribution in [-0.2, 0) is 14.6 Å². The van der Waals surface area contributed by atoms with Gasteiger partial charge in [0.05, 0.1) is 16.2 Å². The number of nitrogens with one attached hydrogen (secondary N) is 1. The minimum atomic E-state index is -3.53. The Morgan fingerprint density at radius 2 is 1.86 bits per heavy atom. The van der Waals surface area contributed by atoms with Gasteiger partial charge in [-0.2, -0.15) is 0 Å². The smallest absolute Gasteiger partial charge is 0.220 e. The van der Waals surface area contributed by atoms with Crippen molar-refractivity contribution in [2.24, 2.45) is 0 Å². The number of pyridine rings is 1. The number of sulfone groups is 1. The third-order valence-electron chi connectivity index (χ3n) is 3.86. The molecule has 0 radical (unpaired) electrons. The minimum Gasteiger partial charge on any atom is -0.348 e. The van der Waals surface area contributed by atoms with E-state index >= 15 is 0 Å². The summed E-state index contributed by atoms with van der Waals surface area (Å²) in [5.74, 6) is -0.131. The van der Waals surface area contributed by atoms with Crippen molar-refractivity contribution in [3.8, 4) is 0 Å². The first-order valence-electron chi connectivity index (χ1n) is 7.07. The number of aromatic nitrogens is 1. The van der Waals surface area contributed by atoms with E-state index in [2.05, 4.69) is 10.3 Å². The molecule has 1 N–H and O–H groups in total. The van der Waals surface area contributed by atoms with E-state index in [1.165, 1.54) is 0 Å². The first-order valence-corrected chi connectivity index (χ1v) is 8.62. The van der Waals surface area contributed by atoms with E-state index in [9.17, 15) is 13.2 Å². The number of benzene rings is 1. The van der Waals surface area contributed by atoms with E-state index < -0.39 is 21.1 Å². The number of amides is 1. The Kier molecular flexibility index (Phi) is 3.94. The topological polar surface area (TPSA) is 76.1 Å². The third kappa shape index (κ3) is 2.74. The fourth-order valence-corrected chi connectivity index (χ4v) is 4.65. The van der Waals surface area contributed by atoms with E-state index in [0.29, 0.717) is 12.0 Å². The van der Waals surface area contributed by atoms with Gasteiger partial charge >= 0.3 is 0 Å². The normalized spacial score (nSPS) is 22.1. The highest BCUT2D eigenvalue weighted by molar-refractivity contribution is 7.92. The summed E-state index contributed by atoms with van der Waals surface area (Å²) in [6.45, 7) is 0. The van der Waals surface area contributed by atoms with Gasteiger partial charge in [-0.1, -0.05) is 24.3 Å². The molecule has 114 valence electrons. The summed E-state index contributed by atoms with van der Waals surface area (Å²) < 4.78 is 25.8. The van der Waals surface area contributed by atoms with E-state index in [1.807, 2.05) is 0 Å². The standard InChI is InChI=1S/C16H16N2O3S/c19-15-9-8-14(16(18-15)12-5-4-10-17-11-12)22(20,21)13-6-2-1-3-7-13/h1-7,10-11,14,16H,8-9H2,(H,18,19)/t14-,16+/m0/s1. The van der Waals surface area contributed by atoms with E-state index in [-0.39, 0.29) is 17.2 Å². The van der Waals surface area contributed by atoms with E-state index in [1.54, 1.807) is 54.9 Å². The fraction of sp³-hybridized carbons (Fsp3) is 0.250. The summed E-state index contributed by atoms with van der Waals surface area (Å²) in [5.41, 5.74) is 0.708. The van der Waals surface area contributed by atoms with Gasteiger partial charge in [-0.15, -0.1) is 0 Å². The van der Waals surface area contributed by atoms with Gasteiger partial charge in [-0.3, -0.25) is 9.78 Å². The van der Waals surface area contributed by atoms with Crippen molar-refractivity contribution in [1.82, 2.24) is 10.3 Å². The van der Waals surface area contributed by atoms with Gasteiger partial charge in [-0.25, -0.2) is 8.42 Å². The van der Waals surface area contributed by atoms with Gasteiger partial charge in [-0.05, 0) is 30.2 Å². The highest BCUT2D eigenvalue weighted by Gasteiger charge is 2.39. The van der Waals surface area contributed by atoms with Crippen molar-refractivity contribution in [3.63, 3.8) is 0 Å². The average Bonchev–Trinajstić information content (AvgIpc) is 2.56. The summed E-state index contributed by atoms with van der Waals surface area (Å²) >= 11 is 0. The maximum absolute atomic E-state index is 12.9. The molecule has 0 unspecified atom stereocenters. The molecular formula is C16H16N2O3S. The lowest BCUT2D eigenvalue weighted by Gasteiger charge is -2.32. The number of hydrogen-bond acceptors (Lipinski definition) is 4. The second kappa shape index (κ2) is 5.88. The molecule has 1 aromatic carbocycles. The molecule has 1 fully saturated rings. The number of nitrogens with zero attached hydrogens (tertiary/aromatic N) is 1. The molecule has 3 rings (SSSR count). The zero-order valence-electron chi connectivity index (χ0n) is 11.8. The van der Waals surface area contributed by atoms with Crippen LogP contribution in [0.15, 0.2) is 59.8 Å². The number of carbonyl (C=O) groups is 1. The summed E-state index contributed by atoms with van der Waals surface area (Å²) in [6.07, 6.45) is 3.74. The minimum absolute atomic E-state index is 0.131. The SMILES string of the molecule is O=C1CC[C@H](S(=O)(=O)c2ccccc2)[C@@H](c2cccnc2)N1. The second-order valence-corrected chi connectivity index (χ2v) is 7.43. The third-order valence-corrected chi connectivity index (χ3v) is 6.09. The van der Waals surface area contributed by atoms with Crippen LogP contribution >= 0.6 is 0 Å². The van der Waals surface area contributed by atoms with Gasteiger partial charge in [0.1, 0.15) is 0 Å². The van der Waals surface area contributed by atoms with E-state index in [4.69, 9.17) is 0 Å². The van der Waals surface area contributed by atoms with Gasteiger partial charge in [0.15, 0.2) is 9.84 Å². The molecule has 1 aliphatic heterocycles. The Hall–Kier alpha value is -2.21. The zero-order chi connectivity index (χ0) is 15.6. The summed E-state index contributed by atoms with van der Waals surface area (Å²) in [4.78, 5) is 16.0. The zero-order valence-corrected chi connectivity index (χ0v) is 12.7. The first kappa shape index (κ1) is 14.7. The average molecular weight is 316 g/mol. The molecule has 6 heteroatoms. The van der Waals surface area contributed by atoms with Crippen molar-refractivity contribution in [2.45, 2.75) is 29.0 Å². The highest BCUT2D eigenvalue weighted by atomic mass is 32.2. The Balaban J connectivity index is 2.02. The quantitative estimate of drug-likeness (QED) is 0.938. The first-order chi connectivity index (χ1) is 10.6. The molecule has 2 aromatic rings. The molecular weight excluding hydrogens is 300 g/mol. The van der Waals surface area contributed by atoms with Crippen LogP contribution < -0.4 is 5.32 Å². The number of hydrogen-bond donors (Lipinski definition) is 1. The molecule has 1 aliphatic rings. The van der Waals surface area contributed by atoms with Crippen LogP contribution in [0.25, 0.3) is 0 Å². The van der Waals surface area contributed by atoms with Crippen LogP contribution in [0.2, 0.25) is 0 Å². The highest BCUT2D eigenvalue weighted by Crippen LogP contribution is 2.32. The number of piperidine rings is 1. The fourth-order valence-electron chi connectivity index (χ4n) is 2.76. The van der Waals surface area contributed by atoms with E-state index in [0.717, 1.165) is 0 Å². The Bertz CT molecular complexity index is 760. The van der Waals surface area contributed by atoms with Gasteiger partial charge in [0.25, 0.3) is 0 Å². The maximum Gasteiger partial charge on any atom is 0.220 e. The molecule has 1 aromatic heterocycles. The van der Waals surface area contributed by atoms with Crippen LogP contribution in [0.5, 0.6) is 0 Å². The Labute approximate surface area is 129 Å². The predicted octanol–water partition coefficient (Wildman–Crippen LogP) is 1.88. The van der Waals surface area contributed by atoms with Gasteiger partial charge in [0.2, 0.25) is 5.91 Å². The predicted molar refractivity (Wildman–Crippen MR) is 81.8 cm³/mol. The summed E-state index contributed by atoms with van der Waals surface area (Å²) in [5, 5.41) is 2.12. The molecule has 1 amide bonds. The molecule has 22 heavy (non-hydrogen) atoms. The Morgan fingerprint density at radius 1 is 1.09 bits per heavy atom. The molecule has 0 saturated carbocycles. The lowest BCUT2D eigenvalue weighted by Crippen LogP contribution is -2.45. The largest absolute Gasteiger partial charge is 0.348 e. The van der Waals surface area contributed by atoms with Crippen LogP contribution in [0.1, 0.15) is 24.4 Å². The molecule has 0 bridgehead atoms. The molecule has 5 nitrogen and oxygen atoms in total. The maximum atomic E-state index is 12.9. The summed E-state index contributed by atoms with van der Waals surface area (Å²) in [6, 6.07) is 11.3. The Morgan fingerprint density at radius 3 is 2.55 bits per heavy atom. The van der Waals surface area contributed by atoms with Crippen molar-refractivity contribution in [1.29, 1.82) is 0 Å². The summed E-state index contributed by atoms with van der Waals surface area (Å²) in [7, 11) is -3.53. The molecule has 0 spiro atoms. The van der Waals surface area contributed by atoms with Crippen molar-refractivity contribution in [2.75, 3.05) is 0 Å². The van der Waals surface area contributed by atoms with Crippen LogP contribution in [-0.4, -0.2) is 24.6 Å². The molecule has 1 saturated heterocycles. The van der Waals surface area contributed by atoms with Crippen LogP contribution in [0, 0.1) is 0 Å². The van der Waals surface area contributed by atoms with Gasteiger partial charge in [0, 0.05) is 18.8 Å². The lowest BCUT2D eigenvalue weighted by molar-refractivity contribution is -0.123. The monoisotopic (exact) mass is 316 g/mol. The van der Waals surface area contributed by atoms with Crippen molar-refractivity contribution < 1.29 is 13.2 Å². The van der Waals surface area contributed by atoms with Gasteiger partial charge < -0.3 is 5.32 Å². The molecule has 0 aliphatic carbocycles. The second-order valence-electron chi connectivity index (χ2n) is 5.27. The molecule has 2 heterocycles. The number of carbonyl (C=O) groups excluding carboxylic acids is 1. The van der Waals surface area contributed by atoms with Crippen molar-refractivity contribution >= 4 is 15.7 Å². The van der Waals surface area contributed by atoms with Crippen LogP contribution in [0.4, 0.5) is 0 Å². The van der Waals surface area contributed by atoms with Crippen LogP contribution in [0.3, 0.4) is 0 Å². The number of rotatable bonds is 3. The van der Waals surface area contributed by atoms with Crippen molar-refractivity contribution in [3.05, 3.63) is 60.4 Å². The molecule has 2 atom stereocenters. The lowest BCUT2D eigenvalue weighted by atomic mass is 9.98.